The molecular weight excluding hydrogens is 340 g/mol. The van der Waals surface area contributed by atoms with Gasteiger partial charge in [-0.15, -0.1) is 0 Å². The lowest BCUT2D eigenvalue weighted by molar-refractivity contribution is -0.123. The van der Waals surface area contributed by atoms with Gasteiger partial charge in [0.25, 0.3) is 5.91 Å². The predicted octanol–water partition coefficient (Wildman–Crippen LogP) is 3.43. The van der Waals surface area contributed by atoms with Crippen molar-refractivity contribution in [2.45, 2.75) is 19.8 Å². The van der Waals surface area contributed by atoms with Crippen LogP contribution in [-0.2, 0) is 16.0 Å². The third-order valence-electron chi connectivity index (χ3n) is 3.46. The molecule has 2 rings (SSSR count). The van der Waals surface area contributed by atoms with Crippen LogP contribution in [0.25, 0.3) is 0 Å². The SMILES string of the molecule is CCNC(=O)COc1ccc(NC(=O)CCc2ccccc2Cl)cc1. The maximum atomic E-state index is 12.0. The van der Waals surface area contributed by atoms with Gasteiger partial charge in [0.1, 0.15) is 5.75 Å². The molecule has 0 fully saturated rings. The number of aryl methyl sites for hydroxylation is 1. The molecule has 25 heavy (non-hydrogen) atoms. The number of carbonyl (C=O) groups is 2. The fourth-order valence-corrected chi connectivity index (χ4v) is 2.43. The van der Waals surface area contributed by atoms with E-state index in [0.717, 1.165) is 5.56 Å². The van der Waals surface area contributed by atoms with Gasteiger partial charge in [-0.05, 0) is 49.2 Å². The van der Waals surface area contributed by atoms with Gasteiger partial charge in [-0.25, -0.2) is 0 Å². The Hall–Kier alpha value is -2.53. The second-order valence-electron chi connectivity index (χ2n) is 5.41. The van der Waals surface area contributed by atoms with Crippen molar-refractivity contribution in [1.82, 2.24) is 5.32 Å². The first-order chi connectivity index (χ1) is 12.1. The van der Waals surface area contributed by atoms with E-state index in [1.54, 1.807) is 24.3 Å². The lowest BCUT2D eigenvalue weighted by Crippen LogP contribution is -2.28. The van der Waals surface area contributed by atoms with Crippen LogP contribution in [0.1, 0.15) is 18.9 Å². The number of hydrogen-bond acceptors (Lipinski definition) is 3. The van der Waals surface area contributed by atoms with Crippen molar-refractivity contribution in [3.63, 3.8) is 0 Å². The molecule has 2 amide bonds. The van der Waals surface area contributed by atoms with Crippen LogP contribution in [0.5, 0.6) is 5.75 Å². The average molecular weight is 361 g/mol. The van der Waals surface area contributed by atoms with Crippen molar-refractivity contribution in [2.24, 2.45) is 0 Å². The monoisotopic (exact) mass is 360 g/mol. The zero-order valence-electron chi connectivity index (χ0n) is 14.0. The van der Waals surface area contributed by atoms with Crippen LogP contribution in [0.4, 0.5) is 5.69 Å². The van der Waals surface area contributed by atoms with Crippen molar-refractivity contribution in [3.8, 4) is 5.75 Å². The van der Waals surface area contributed by atoms with Gasteiger partial charge in [0, 0.05) is 23.7 Å². The zero-order valence-corrected chi connectivity index (χ0v) is 14.8. The molecule has 0 radical (unpaired) electrons. The second-order valence-corrected chi connectivity index (χ2v) is 5.81. The molecule has 0 saturated carbocycles. The summed E-state index contributed by atoms with van der Waals surface area (Å²) in [4.78, 5) is 23.4. The Labute approximate surface area is 152 Å². The minimum atomic E-state index is -0.167. The largest absolute Gasteiger partial charge is 0.484 e. The summed E-state index contributed by atoms with van der Waals surface area (Å²) >= 11 is 6.08. The van der Waals surface area contributed by atoms with E-state index in [1.165, 1.54) is 0 Å². The fraction of sp³-hybridized carbons (Fsp3) is 0.263. The average Bonchev–Trinajstić information content (AvgIpc) is 2.61. The van der Waals surface area contributed by atoms with Crippen LogP contribution in [0, 0.1) is 0 Å². The van der Waals surface area contributed by atoms with Crippen LogP contribution in [0.15, 0.2) is 48.5 Å². The summed E-state index contributed by atoms with van der Waals surface area (Å²) in [6.07, 6.45) is 0.929. The summed E-state index contributed by atoms with van der Waals surface area (Å²) in [5.41, 5.74) is 1.63. The Morgan fingerprint density at radius 1 is 1.04 bits per heavy atom. The third kappa shape index (κ3) is 6.47. The number of nitrogens with one attached hydrogen (secondary N) is 2. The Balaban J connectivity index is 1.79. The van der Waals surface area contributed by atoms with Gasteiger partial charge in [-0.2, -0.15) is 0 Å². The summed E-state index contributed by atoms with van der Waals surface area (Å²) < 4.78 is 5.36. The van der Waals surface area contributed by atoms with Crippen LogP contribution >= 0.6 is 11.6 Å². The highest BCUT2D eigenvalue weighted by molar-refractivity contribution is 6.31. The first-order valence-corrected chi connectivity index (χ1v) is 8.49. The number of amides is 2. The van der Waals surface area contributed by atoms with E-state index in [4.69, 9.17) is 16.3 Å². The van der Waals surface area contributed by atoms with Crippen LogP contribution in [-0.4, -0.2) is 25.0 Å². The normalized spacial score (nSPS) is 10.2. The molecule has 0 aliphatic rings. The van der Waals surface area contributed by atoms with Gasteiger partial charge in [0.15, 0.2) is 6.61 Å². The lowest BCUT2D eigenvalue weighted by atomic mass is 10.1. The number of hydrogen-bond donors (Lipinski definition) is 2. The van der Waals surface area contributed by atoms with E-state index in [9.17, 15) is 9.59 Å². The van der Waals surface area contributed by atoms with Gasteiger partial charge in [-0.1, -0.05) is 29.8 Å². The molecule has 2 aromatic carbocycles. The van der Waals surface area contributed by atoms with Crippen LogP contribution < -0.4 is 15.4 Å². The molecule has 6 heteroatoms. The lowest BCUT2D eigenvalue weighted by Gasteiger charge is -2.09. The highest BCUT2D eigenvalue weighted by atomic mass is 35.5. The molecule has 0 bridgehead atoms. The minimum Gasteiger partial charge on any atom is -0.484 e. The van der Waals surface area contributed by atoms with Crippen molar-refractivity contribution in [1.29, 1.82) is 0 Å². The molecule has 0 aromatic heterocycles. The van der Waals surface area contributed by atoms with Crippen molar-refractivity contribution >= 4 is 29.1 Å². The molecule has 132 valence electrons. The van der Waals surface area contributed by atoms with Gasteiger partial charge >= 0.3 is 0 Å². The quantitative estimate of drug-likeness (QED) is 0.757. The number of anilines is 1. The second kappa shape index (κ2) is 9.69. The van der Waals surface area contributed by atoms with Crippen molar-refractivity contribution in [2.75, 3.05) is 18.5 Å². The summed E-state index contributed by atoms with van der Waals surface area (Å²) in [7, 11) is 0. The Morgan fingerprint density at radius 2 is 1.76 bits per heavy atom. The molecule has 0 unspecified atom stereocenters. The van der Waals surface area contributed by atoms with Gasteiger partial charge in [0.05, 0.1) is 0 Å². The van der Waals surface area contributed by atoms with Crippen molar-refractivity contribution < 1.29 is 14.3 Å². The molecule has 0 aliphatic heterocycles. The standard InChI is InChI=1S/C19H21ClN2O3/c1-2-21-19(24)13-25-16-10-8-15(9-11-16)22-18(23)12-7-14-5-3-4-6-17(14)20/h3-6,8-11H,2,7,12-13H2,1H3,(H,21,24)(H,22,23). The Bertz CT molecular complexity index is 717. The number of likely N-dealkylation sites (N-methyl/N-ethyl adjacent to an activating group) is 1. The summed E-state index contributed by atoms with van der Waals surface area (Å²) in [6, 6.07) is 14.4. The molecule has 0 saturated heterocycles. The van der Waals surface area contributed by atoms with E-state index in [2.05, 4.69) is 10.6 Å². The summed E-state index contributed by atoms with van der Waals surface area (Å²) in [5, 5.41) is 6.15. The van der Waals surface area contributed by atoms with E-state index in [-0.39, 0.29) is 18.4 Å². The maximum absolute atomic E-state index is 12.0. The Kier molecular flexibility index (Phi) is 7.29. The molecule has 2 N–H and O–H groups in total. The zero-order chi connectivity index (χ0) is 18.1. The topological polar surface area (TPSA) is 67.4 Å². The first-order valence-electron chi connectivity index (χ1n) is 8.11. The number of ether oxygens (including phenoxy) is 1. The third-order valence-corrected chi connectivity index (χ3v) is 3.83. The number of benzene rings is 2. The summed E-state index contributed by atoms with van der Waals surface area (Å²) in [6.45, 7) is 2.39. The Morgan fingerprint density at radius 3 is 2.44 bits per heavy atom. The van der Waals surface area contributed by atoms with E-state index < -0.39 is 0 Å². The molecule has 5 nitrogen and oxygen atoms in total. The van der Waals surface area contributed by atoms with Crippen LogP contribution in [0.2, 0.25) is 5.02 Å². The molecule has 2 aromatic rings. The smallest absolute Gasteiger partial charge is 0.257 e. The highest BCUT2D eigenvalue weighted by Crippen LogP contribution is 2.18. The number of rotatable bonds is 8. The van der Waals surface area contributed by atoms with Crippen LogP contribution in [0.3, 0.4) is 0 Å². The fourth-order valence-electron chi connectivity index (χ4n) is 2.20. The highest BCUT2D eigenvalue weighted by Gasteiger charge is 2.06. The van der Waals surface area contributed by atoms with E-state index in [0.29, 0.717) is 35.8 Å². The molecule has 0 spiro atoms. The van der Waals surface area contributed by atoms with Crippen molar-refractivity contribution in [3.05, 3.63) is 59.1 Å². The molecular formula is C19H21ClN2O3. The maximum Gasteiger partial charge on any atom is 0.257 e. The van der Waals surface area contributed by atoms with E-state index >= 15 is 0 Å². The minimum absolute atomic E-state index is 0.0304. The van der Waals surface area contributed by atoms with Gasteiger partial charge in [-0.3, -0.25) is 9.59 Å². The van der Waals surface area contributed by atoms with E-state index in [1.807, 2.05) is 31.2 Å². The number of carbonyl (C=O) groups excluding carboxylic acids is 2. The van der Waals surface area contributed by atoms with Gasteiger partial charge < -0.3 is 15.4 Å². The number of halogens is 1. The predicted molar refractivity (Wildman–Crippen MR) is 99.0 cm³/mol. The molecule has 0 heterocycles. The van der Waals surface area contributed by atoms with Gasteiger partial charge in [0.2, 0.25) is 5.91 Å². The molecule has 0 aliphatic carbocycles. The first kappa shape index (κ1) is 18.8. The molecule has 0 atom stereocenters. The summed E-state index contributed by atoms with van der Waals surface area (Å²) in [5.74, 6) is 0.315.